The lowest BCUT2D eigenvalue weighted by Gasteiger charge is -2.11. The summed E-state index contributed by atoms with van der Waals surface area (Å²) < 4.78 is 0. The molecule has 1 rings (SSSR count). The van der Waals surface area contributed by atoms with E-state index in [2.05, 4.69) is 62.1 Å². The van der Waals surface area contributed by atoms with Gasteiger partial charge in [-0.1, -0.05) is 30.8 Å². The molecule has 0 heterocycles. The molecular weight excluding hydrogens is 184 g/mol. The molecule has 0 saturated carbocycles. The topological polar surface area (TPSA) is 15.3 Å². The fraction of sp³-hybridized carbons (Fsp3) is 0.385. The number of hydrogen-bond donors (Lipinski definition) is 1. The molecule has 0 aliphatic carbocycles. The summed E-state index contributed by atoms with van der Waals surface area (Å²) in [5.74, 6) is 0. The minimum absolute atomic E-state index is 0.915. The van der Waals surface area contributed by atoms with Gasteiger partial charge in [0.25, 0.3) is 0 Å². The molecule has 2 nitrogen and oxygen atoms in total. The van der Waals surface area contributed by atoms with Crippen LogP contribution in [0.1, 0.15) is 18.1 Å². The minimum Gasteiger partial charge on any atom is -0.385 e. The Morgan fingerprint density at radius 3 is 2.33 bits per heavy atom. The molecule has 0 amide bonds. The van der Waals surface area contributed by atoms with Gasteiger partial charge in [-0.3, -0.25) is 0 Å². The van der Waals surface area contributed by atoms with E-state index < -0.39 is 0 Å². The van der Waals surface area contributed by atoms with Gasteiger partial charge in [-0.05, 0) is 32.1 Å². The van der Waals surface area contributed by atoms with Crippen molar-refractivity contribution in [1.29, 1.82) is 0 Å². The second kappa shape index (κ2) is 5.56. The highest BCUT2D eigenvalue weighted by Crippen LogP contribution is 2.11. The van der Waals surface area contributed by atoms with Crippen molar-refractivity contribution in [2.75, 3.05) is 20.6 Å². The van der Waals surface area contributed by atoms with Gasteiger partial charge < -0.3 is 10.2 Å². The van der Waals surface area contributed by atoms with E-state index in [9.17, 15) is 0 Å². The Hall–Kier alpha value is -1.28. The van der Waals surface area contributed by atoms with Crippen LogP contribution in [0.25, 0.3) is 5.70 Å². The molecule has 0 aliphatic rings. The molecule has 15 heavy (non-hydrogen) atoms. The van der Waals surface area contributed by atoms with Crippen LogP contribution in [0.15, 0.2) is 30.8 Å². The number of nitrogens with one attached hydrogen (secondary N) is 1. The van der Waals surface area contributed by atoms with Gasteiger partial charge in [0, 0.05) is 18.8 Å². The van der Waals surface area contributed by atoms with Crippen LogP contribution in [0.5, 0.6) is 0 Å². The van der Waals surface area contributed by atoms with Crippen molar-refractivity contribution in [3.05, 3.63) is 42.0 Å². The number of nitrogens with zero attached hydrogens (tertiary/aromatic N) is 1. The number of rotatable bonds is 5. The Kier molecular flexibility index (Phi) is 4.37. The van der Waals surface area contributed by atoms with Gasteiger partial charge in [-0.2, -0.15) is 0 Å². The molecule has 0 atom stereocenters. The van der Waals surface area contributed by atoms with Crippen molar-refractivity contribution in [1.82, 2.24) is 10.2 Å². The van der Waals surface area contributed by atoms with Gasteiger partial charge in [0.05, 0.1) is 0 Å². The highest BCUT2D eigenvalue weighted by molar-refractivity contribution is 5.61. The van der Waals surface area contributed by atoms with Crippen molar-refractivity contribution in [2.24, 2.45) is 0 Å². The molecule has 0 aliphatic heterocycles. The summed E-state index contributed by atoms with van der Waals surface area (Å²) in [4.78, 5) is 2.16. The molecule has 1 aromatic carbocycles. The zero-order chi connectivity index (χ0) is 11.3. The van der Waals surface area contributed by atoms with Crippen molar-refractivity contribution in [3.63, 3.8) is 0 Å². The molecule has 0 saturated heterocycles. The maximum Gasteiger partial charge on any atom is 0.0340 e. The van der Waals surface area contributed by atoms with Crippen LogP contribution in [0.2, 0.25) is 0 Å². The van der Waals surface area contributed by atoms with Crippen LogP contribution in [0, 0.1) is 0 Å². The summed E-state index contributed by atoms with van der Waals surface area (Å²) in [6.45, 7) is 7.95. The average molecular weight is 204 g/mol. The van der Waals surface area contributed by atoms with Gasteiger partial charge in [-0.15, -0.1) is 0 Å². The van der Waals surface area contributed by atoms with E-state index in [4.69, 9.17) is 0 Å². The Morgan fingerprint density at radius 1 is 1.27 bits per heavy atom. The van der Waals surface area contributed by atoms with Crippen LogP contribution in [0.3, 0.4) is 0 Å². The molecule has 82 valence electrons. The second-order valence-electron chi connectivity index (χ2n) is 3.94. The Balaban J connectivity index is 2.67. The second-order valence-corrected chi connectivity index (χ2v) is 3.94. The third-order valence-corrected chi connectivity index (χ3v) is 2.19. The molecule has 0 radical (unpaired) electrons. The normalized spacial score (nSPS) is 10.4. The first-order chi connectivity index (χ1) is 7.13. The Morgan fingerprint density at radius 2 is 1.87 bits per heavy atom. The molecule has 0 spiro atoms. The molecular formula is C13H20N2. The smallest absolute Gasteiger partial charge is 0.0340 e. The Bertz CT molecular complexity index is 312. The summed E-state index contributed by atoms with van der Waals surface area (Å²) in [5.41, 5.74) is 3.49. The van der Waals surface area contributed by atoms with E-state index >= 15 is 0 Å². The number of benzene rings is 1. The highest BCUT2D eigenvalue weighted by Gasteiger charge is 1.98. The van der Waals surface area contributed by atoms with Crippen LogP contribution < -0.4 is 5.32 Å². The molecule has 0 fully saturated rings. The summed E-state index contributed by atoms with van der Waals surface area (Å²) in [5, 5.41) is 3.22. The van der Waals surface area contributed by atoms with E-state index in [-0.39, 0.29) is 0 Å². The molecule has 0 aromatic heterocycles. The summed E-state index contributed by atoms with van der Waals surface area (Å²) in [6, 6.07) is 8.53. The van der Waals surface area contributed by atoms with Gasteiger partial charge in [0.1, 0.15) is 0 Å². The minimum atomic E-state index is 0.915. The SMILES string of the molecule is C=C(NCC)c1ccc(CN(C)C)cc1. The lowest BCUT2D eigenvalue weighted by atomic mass is 10.1. The standard InChI is InChI=1S/C13H20N2/c1-5-14-11(2)13-8-6-12(7-9-13)10-15(3)4/h6-9,14H,2,5,10H2,1,3-4H3. The molecule has 1 N–H and O–H groups in total. The molecule has 0 bridgehead atoms. The number of hydrogen-bond acceptors (Lipinski definition) is 2. The first-order valence-electron chi connectivity index (χ1n) is 5.30. The van der Waals surface area contributed by atoms with Gasteiger partial charge in [-0.25, -0.2) is 0 Å². The van der Waals surface area contributed by atoms with Crippen molar-refractivity contribution < 1.29 is 0 Å². The fourth-order valence-corrected chi connectivity index (χ4v) is 1.49. The maximum atomic E-state index is 3.98. The van der Waals surface area contributed by atoms with Crippen LogP contribution in [-0.2, 0) is 6.54 Å². The van der Waals surface area contributed by atoms with Crippen LogP contribution in [-0.4, -0.2) is 25.5 Å². The summed E-state index contributed by atoms with van der Waals surface area (Å²) in [6.07, 6.45) is 0. The summed E-state index contributed by atoms with van der Waals surface area (Å²) in [7, 11) is 4.15. The quantitative estimate of drug-likeness (QED) is 0.792. The van der Waals surface area contributed by atoms with E-state index in [1.54, 1.807) is 0 Å². The Labute approximate surface area is 92.6 Å². The maximum absolute atomic E-state index is 3.98. The highest BCUT2D eigenvalue weighted by atomic mass is 15.0. The van der Waals surface area contributed by atoms with Crippen LogP contribution in [0.4, 0.5) is 0 Å². The first kappa shape index (κ1) is 11.8. The zero-order valence-electron chi connectivity index (χ0n) is 9.88. The van der Waals surface area contributed by atoms with Crippen molar-refractivity contribution >= 4 is 5.70 Å². The first-order valence-corrected chi connectivity index (χ1v) is 5.30. The predicted octanol–water partition coefficient (Wildman–Crippen LogP) is 2.33. The van der Waals surface area contributed by atoms with E-state index in [1.807, 2.05) is 0 Å². The van der Waals surface area contributed by atoms with Crippen LogP contribution >= 0.6 is 0 Å². The monoisotopic (exact) mass is 204 g/mol. The van der Waals surface area contributed by atoms with Gasteiger partial charge in [0.15, 0.2) is 0 Å². The average Bonchev–Trinajstić information content (AvgIpc) is 2.18. The summed E-state index contributed by atoms with van der Waals surface area (Å²) >= 11 is 0. The fourth-order valence-electron chi connectivity index (χ4n) is 1.49. The van der Waals surface area contributed by atoms with Crippen molar-refractivity contribution in [2.45, 2.75) is 13.5 Å². The third-order valence-electron chi connectivity index (χ3n) is 2.19. The largest absolute Gasteiger partial charge is 0.385 e. The molecule has 2 heteroatoms. The lowest BCUT2D eigenvalue weighted by molar-refractivity contribution is 0.402. The zero-order valence-corrected chi connectivity index (χ0v) is 9.88. The van der Waals surface area contributed by atoms with Gasteiger partial charge in [0.2, 0.25) is 0 Å². The van der Waals surface area contributed by atoms with Crippen molar-refractivity contribution in [3.8, 4) is 0 Å². The molecule has 0 unspecified atom stereocenters. The van der Waals surface area contributed by atoms with Gasteiger partial charge >= 0.3 is 0 Å². The molecule has 1 aromatic rings. The van der Waals surface area contributed by atoms with E-state index in [1.165, 1.54) is 11.1 Å². The van der Waals surface area contributed by atoms with E-state index in [0.717, 1.165) is 18.8 Å². The van der Waals surface area contributed by atoms with E-state index in [0.29, 0.717) is 0 Å². The predicted molar refractivity (Wildman–Crippen MR) is 66.5 cm³/mol. The lowest BCUT2D eigenvalue weighted by Crippen LogP contribution is -2.11. The third kappa shape index (κ3) is 3.76.